The number of thioether (sulfide) groups is 1. The van der Waals surface area contributed by atoms with E-state index in [-0.39, 0.29) is 17.1 Å². The van der Waals surface area contributed by atoms with Gasteiger partial charge in [0.1, 0.15) is 6.04 Å². The van der Waals surface area contributed by atoms with Crippen molar-refractivity contribution in [3.8, 4) is 17.2 Å². The van der Waals surface area contributed by atoms with E-state index < -0.39 is 23.9 Å². The summed E-state index contributed by atoms with van der Waals surface area (Å²) in [4.78, 5) is 34.5. The number of carboxylic acids is 2. The van der Waals surface area contributed by atoms with Crippen molar-refractivity contribution in [1.29, 1.82) is 0 Å². The summed E-state index contributed by atoms with van der Waals surface area (Å²) in [6.07, 6.45) is 0. The van der Waals surface area contributed by atoms with Crippen LogP contribution in [-0.4, -0.2) is 65.4 Å². The molecule has 1 amide bonds. The summed E-state index contributed by atoms with van der Waals surface area (Å²) in [5.74, 6) is -2.31. The van der Waals surface area contributed by atoms with Gasteiger partial charge in [-0.15, -0.1) is 11.8 Å². The van der Waals surface area contributed by atoms with Crippen LogP contribution in [0.4, 0.5) is 0 Å². The minimum Gasteiger partial charge on any atom is -0.490 e. The third-order valence-electron chi connectivity index (χ3n) is 3.28. The number of aliphatic carboxylic acids is 2. The Morgan fingerprint density at radius 3 is 1.96 bits per heavy atom. The molecule has 156 valence electrons. The maximum atomic E-state index is 12.6. The zero-order valence-corrected chi connectivity index (χ0v) is 16.8. The first-order chi connectivity index (χ1) is 13.3. The van der Waals surface area contributed by atoms with Crippen molar-refractivity contribution in [2.75, 3.05) is 31.3 Å². The quantitative estimate of drug-likeness (QED) is 0.442. The molecule has 0 bridgehead atoms. The Kier molecular flexibility index (Phi) is 10.0. The van der Waals surface area contributed by atoms with Gasteiger partial charge in [-0.25, -0.2) is 4.79 Å². The number of carboxylic acid groups (broad SMARTS) is 2. The Balaban J connectivity index is 3.09. The number of carbonyl (C=O) groups excluding carboxylic acids is 1. The van der Waals surface area contributed by atoms with Gasteiger partial charge in [0.05, 0.1) is 25.6 Å². The average Bonchev–Trinajstić information content (AvgIpc) is 2.63. The molecule has 3 N–H and O–H groups in total. The second-order valence-corrected chi connectivity index (χ2v) is 6.40. The number of benzene rings is 1. The fraction of sp³-hybridized carbons (Fsp3) is 0.500. The molecule has 0 saturated carbocycles. The molecular formula is C18H25NO8S. The van der Waals surface area contributed by atoms with Crippen LogP contribution in [0, 0.1) is 0 Å². The molecule has 0 fully saturated rings. The molecule has 0 heterocycles. The van der Waals surface area contributed by atoms with E-state index >= 15 is 0 Å². The van der Waals surface area contributed by atoms with Crippen molar-refractivity contribution >= 4 is 29.6 Å². The van der Waals surface area contributed by atoms with Gasteiger partial charge in [-0.1, -0.05) is 0 Å². The second-order valence-electron chi connectivity index (χ2n) is 5.37. The van der Waals surface area contributed by atoms with E-state index in [1.807, 2.05) is 0 Å². The van der Waals surface area contributed by atoms with Gasteiger partial charge in [0.2, 0.25) is 5.75 Å². The number of rotatable bonds is 13. The predicted octanol–water partition coefficient (Wildman–Crippen LogP) is 1.88. The van der Waals surface area contributed by atoms with E-state index in [0.29, 0.717) is 37.1 Å². The Hall–Kier alpha value is -2.62. The normalized spacial score (nSPS) is 11.4. The van der Waals surface area contributed by atoms with Gasteiger partial charge in [-0.2, -0.15) is 0 Å². The topological polar surface area (TPSA) is 131 Å². The minimum absolute atomic E-state index is 0.0823. The van der Waals surface area contributed by atoms with Gasteiger partial charge >= 0.3 is 11.9 Å². The lowest BCUT2D eigenvalue weighted by atomic mass is 10.1. The van der Waals surface area contributed by atoms with Gasteiger partial charge in [0.25, 0.3) is 5.91 Å². The highest BCUT2D eigenvalue weighted by Gasteiger charge is 2.24. The standard InChI is InChI=1S/C18H25NO8S/c1-4-25-13-7-11(8-14(26-5-2)16(13)27-6-3)17(22)19-12(18(23)24)9-28-10-15(20)21/h7-8,12H,4-6,9-10H2,1-3H3,(H,19,22)(H,20,21)(H,23,24). The fourth-order valence-corrected chi connectivity index (χ4v) is 2.95. The average molecular weight is 415 g/mol. The van der Waals surface area contributed by atoms with Crippen LogP contribution in [-0.2, 0) is 9.59 Å². The Morgan fingerprint density at radius 1 is 1.00 bits per heavy atom. The number of amides is 1. The molecule has 1 unspecified atom stereocenters. The molecule has 10 heteroatoms. The zero-order chi connectivity index (χ0) is 21.1. The van der Waals surface area contributed by atoms with Gasteiger partial charge in [0, 0.05) is 11.3 Å². The number of hydrogen-bond donors (Lipinski definition) is 3. The van der Waals surface area contributed by atoms with E-state index in [2.05, 4.69) is 5.32 Å². The lowest BCUT2D eigenvalue weighted by Crippen LogP contribution is -2.42. The van der Waals surface area contributed by atoms with Crippen molar-refractivity contribution in [2.45, 2.75) is 26.8 Å². The lowest BCUT2D eigenvalue weighted by molar-refractivity contribution is -0.138. The molecule has 1 rings (SSSR count). The molecule has 0 radical (unpaired) electrons. The highest BCUT2D eigenvalue weighted by atomic mass is 32.2. The van der Waals surface area contributed by atoms with Gasteiger partial charge in [-0.05, 0) is 32.9 Å². The summed E-state index contributed by atoms with van der Waals surface area (Å²) in [6, 6.07) is 1.67. The number of carbonyl (C=O) groups is 3. The summed E-state index contributed by atoms with van der Waals surface area (Å²) in [6.45, 7) is 6.40. The van der Waals surface area contributed by atoms with Crippen LogP contribution >= 0.6 is 11.8 Å². The Bertz CT molecular complexity index is 667. The van der Waals surface area contributed by atoms with E-state index in [4.69, 9.17) is 19.3 Å². The zero-order valence-electron chi connectivity index (χ0n) is 16.0. The number of ether oxygens (including phenoxy) is 3. The van der Waals surface area contributed by atoms with Crippen molar-refractivity contribution in [1.82, 2.24) is 5.32 Å². The van der Waals surface area contributed by atoms with E-state index in [9.17, 15) is 19.5 Å². The third-order valence-corrected chi connectivity index (χ3v) is 4.30. The lowest BCUT2D eigenvalue weighted by Gasteiger charge is -2.18. The van der Waals surface area contributed by atoms with E-state index in [0.717, 1.165) is 11.8 Å². The molecule has 0 aliphatic rings. The summed E-state index contributed by atoms with van der Waals surface area (Å²) >= 11 is 0.902. The van der Waals surface area contributed by atoms with Gasteiger partial charge < -0.3 is 29.7 Å². The highest BCUT2D eigenvalue weighted by Crippen LogP contribution is 2.39. The largest absolute Gasteiger partial charge is 0.490 e. The van der Waals surface area contributed by atoms with E-state index in [1.54, 1.807) is 20.8 Å². The molecule has 28 heavy (non-hydrogen) atoms. The fourth-order valence-electron chi connectivity index (χ4n) is 2.20. The summed E-state index contributed by atoms with van der Waals surface area (Å²) in [7, 11) is 0. The molecule has 1 aromatic carbocycles. The van der Waals surface area contributed by atoms with Crippen molar-refractivity contribution < 1.29 is 38.8 Å². The summed E-state index contributed by atoms with van der Waals surface area (Å²) < 4.78 is 16.6. The first-order valence-corrected chi connectivity index (χ1v) is 9.89. The van der Waals surface area contributed by atoms with Crippen LogP contribution in [0.2, 0.25) is 0 Å². The first-order valence-electron chi connectivity index (χ1n) is 8.73. The summed E-state index contributed by atoms with van der Waals surface area (Å²) in [5.41, 5.74) is 0.143. The summed E-state index contributed by atoms with van der Waals surface area (Å²) in [5, 5.41) is 20.3. The van der Waals surface area contributed by atoms with Crippen LogP contribution in [0.15, 0.2) is 12.1 Å². The predicted molar refractivity (Wildman–Crippen MR) is 104 cm³/mol. The first kappa shape index (κ1) is 23.4. The van der Waals surface area contributed by atoms with Crippen molar-refractivity contribution in [3.05, 3.63) is 17.7 Å². The molecule has 1 atom stereocenters. The van der Waals surface area contributed by atoms with Gasteiger partial charge in [0.15, 0.2) is 11.5 Å². The van der Waals surface area contributed by atoms with E-state index in [1.165, 1.54) is 12.1 Å². The molecule has 0 aromatic heterocycles. The SMILES string of the molecule is CCOc1cc(C(=O)NC(CSCC(=O)O)C(=O)O)cc(OCC)c1OCC. The molecule has 0 saturated heterocycles. The monoisotopic (exact) mass is 415 g/mol. The van der Waals surface area contributed by atoms with Crippen molar-refractivity contribution in [2.24, 2.45) is 0 Å². The molecule has 0 spiro atoms. The minimum atomic E-state index is -1.26. The maximum Gasteiger partial charge on any atom is 0.327 e. The number of nitrogens with one attached hydrogen (secondary N) is 1. The number of hydrogen-bond acceptors (Lipinski definition) is 7. The second kappa shape index (κ2) is 12.0. The van der Waals surface area contributed by atoms with Gasteiger partial charge in [-0.3, -0.25) is 9.59 Å². The molecule has 9 nitrogen and oxygen atoms in total. The third kappa shape index (κ3) is 7.18. The Labute approximate surface area is 167 Å². The smallest absolute Gasteiger partial charge is 0.327 e. The van der Waals surface area contributed by atoms with Crippen molar-refractivity contribution in [3.63, 3.8) is 0 Å². The van der Waals surface area contributed by atoms with Crippen LogP contribution in [0.1, 0.15) is 31.1 Å². The van der Waals surface area contributed by atoms with Crippen LogP contribution in [0.5, 0.6) is 17.2 Å². The van der Waals surface area contributed by atoms with Crippen LogP contribution in [0.25, 0.3) is 0 Å². The highest BCUT2D eigenvalue weighted by molar-refractivity contribution is 8.00. The Morgan fingerprint density at radius 2 is 1.54 bits per heavy atom. The molecule has 0 aliphatic heterocycles. The molecular weight excluding hydrogens is 390 g/mol. The molecule has 0 aliphatic carbocycles. The van der Waals surface area contributed by atoms with Crippen LogP contribution in [0.3, 0.4) is 0 Å². The van der Waals surface area contributed by atoms with Crippen LogP contribution < -0.4 is 19.5 Å². The maximum absolute atomic E-state index is 12.6. The molecule has 1 aromatic rings.